The Morgan fingerprint density at radius 3 is 2.73 bits per heavy atom. The Kier molecular flexibility index (Phi) is 6.71. The predicted molar refractivity (Wildman–Crippen MR) is 121 cm³/mol. The van der Waals surface area contributed by atoms with Crippen LogP contribution in [0.15, 0.2) is 36.4 Å². The quantitative estimate of drug-likeness (QED) is 0.425. The van der Waals surface area contributed by atoms with Gasteiger partial charge in [0.15, 0.2) is 0 Å². The van der Waals surface area contributed by atoms with E-state index in [1.165, 1.54) is 4.90 Å². The molecule has 1 fully saturated rings. The number of fused-ring (bicyclic) bond motifs is 1. The lowest BCUT2D eigenvalue weighted by Crippen LogP contribution is -2.52. The van der Waals surface area contributed by atoms with Crippen LogP contribution in [0.1, 0.15) is 28.8 Å². The highest BCUT2D eigenvalue weighted by Gasteiger charge is 2.40. The average Bonchev–Trinajstić information content (AvgIpc) is 3.11. The predicted octanol–water partition coefficient (Wildman–Crippen LogP) is 2.95. The number of ether oxygens (including phenoxy) is 1. The third-order valence-electron chi connectivity index (χ3n) is 5.36. The summed E-state index contributed by atoms with van der Waals surface area (Å²) in [5, 5.41) is 8.31. The molecule has 9 nitrogen and oxygen atoms in total. The molecule has 4 rings (SSSR count). The molecule has 2 heterocycles. The Balaban J connectivity index is 1.31. The van der Waals surface area contributed by atoms with Gasteiger partial charge in [-0.3, -0.25) is 19.7 Å². The number of carbonyl (C=O) groups is 4. The Labute approximate surface area is 199 Å². The minimum absolute atomic E-state index is 0.165. The largest absolute Gasteiger partial charge is 0.491 e. The Bertz CT molecular complexity index is 1140. The lowest BCUT2D eigenvalue weighted by Gasteiger charge is -2.29. The normalized spacial score (nSPS) is 17.5. The average molecular weight is 491 g/mol. The summed E-state index contributed by atoms with van der Waals surface area (Å²) in [5.74, 6) is -0.571. The number of amides is 5. The van der Waals surface area contributed by atoms with E-state index < -0.39 is 18.0 Å². The highest BCUT2D eigenvalue weighted by atomic mass is 35.5. The van der Waals surface area contributed by atoms with Gasteiger partial charge in [0.2, 0.25) is 11.8 Å². The number of benzene rings is 2. The molecule has 1 atom stereocenters. The lowest BCUT2D eigenvalue weighted by molar-refractivity contribution is -0.136. The lowest BCUT2D eigenvalue weighted by atomic mass is 10.0. The first-order valence-electron chi connectivity index (χ1n) is 10.2. The van der Waals surface area contributed by atoms with Gasteiger partial charge in [-0.05, 0) is 36.8 Å². The second-order valence-corrected chi connectivity index (χ2v) is 8.35. The van der Waals surface area contributed by atoms with Gasteiger partial charge in [-0.1, -0.05) is 29.3 Å². The third kappa shape index (κ3) is 5.04. The molecule has 2 aromatic rings. The molecule has 172 valence electrons. The number of hydrogen-bond acceptors (Lipinski definition) is 5. The van der Waals surface area contributed by atoms with E-state index >= 15 is 0 Å². The number of rotatable bonds is 6. The molecule has 11 heteroatoms. The molecule has 5 amide bonds. The number of nitrogens with zero attached hydrogens (tertiary/aromatic N) is 1. The Hall–Kier alpha value is -3.30. The first-order valence-corrected chi connectivity index (χ1v) is 11.0. The first-order chi connectivity index (χ1) is 15.8. The second kappa shape index (κ2) is 9.68. The van der Waals surface area contributed by atoms with E-state index in [0.29, 0.717) is 39.0 Å². The molecule has 0 bridgehead atoms. The monoisotopic (exact) mass is 490 g/mol. The number of urea groups is 1. The van der Waals surface area contributed by atoms with Crippen LogP contribution < -0.4 is 20.7 Å². The number of carbonyl (C=O) groups excluding carboxylic acids is 4. The smallest absolute Gasteiger partial charge is 0.319 e. The number of imide groups is 1. The van der Waals surface area contributed by atoms with E-state index in [1.807, 2.05) is 0 Å². The van der Waals surface area contributed by atoms with Crippen LogP contribution in [-0.4, -0.2) is 47.8 Å². The van der Waals surface area contributed by atoms with Gasteiger partial charge in [-0.15, -0.1) is 0 Å². The highest BCUT2D eigenvalue weighted by Crippen LogP contribution is 2.33. The molecule has 2 aliphatic rings. The van der Waals surface area contributed by atoms with Crippen molar-refractivity contribution in [2.24, 2.45) is 0 Å². The van der Waals surface area contributed by atoms with E-state index in [-0.39, 0.29) is 37.9 Å². The molecule has 0 aliphatic carbocycles. The molecule has 0 aromatic heterocycles. The number of anilines is 1. The number of piperidine rings is 1. The van der Waals surface area contributed by atoms with Crippen LogP contribution in [0.25, 0.3) is 0 Å². The molecule has 1 unspecified atom stereocenters. The van der Waals surface area contributed by atoms with Crippen molar-refractivity contribution in [1.29, 1.82) is 0 Å². The fraction of sp³-hybridized carbons (Fsp3) is 0.273. The molecule has 2 aliphatic heterocycles. The van der Waals surface area contributed by atoms with Gasteiger partial charge in [-0.25, -0.2) is 4.79 Å². The zero-order valence-corrected chi connectivity index (χ0v) is 18.8. The van der Waals surface area contributed by atoms with Crippen LogP contribution >= 0.6 is 23.2 Å². The van der Waals surface area contributed by atoms with Crippen molar-refractivity contribution < 1.29 is 23.9 Å². The first kappa shape index (κ1) is 22.9. The Morgan fingerprint density at radius 2 is 1.97 bits per heavy atom. The van der Waals surface area contributed by atoms with E-state index in [9.17, 15) is 19.2 Å². The fourth-order valence-corrected chi connectivity index (χ4v) is 4.07. The highest BCUT2D eigenvalue weighted by molar-refractivity contribution is 6.42. The van der Waals surface area contributed by atoms with E-state index in [0.717, 1.165) is 0 Å². The maximum absolute atomic E-state index is 12.8. The van der Waals surface area contributed by atoms with Crippen LogP contribution in [0.4, 0.5) is 10.5 Å². The van der Waals surface area contributed by atoms with Gasteiger partial charge >= 0.3 is 6.03 Å². The number of nitrogens with one attached hydrogen (secondary N) is 3. The van der Waals surface area contributed by atoms with Gasteiger partial charge in [0.05, 0.1) is 23.1 Å². The van der Waals surface area contributed by atoms with Crippen LogP contribution in [0.2, 0.25) is 10.0 Å². The topological polar surface area (TPSA) is 117 Å². The van der Waals surface area contributed by atoms with Crippen molar-refractivity contribution in [2.75, 3.05) is 18.5 Å². The maximum atomic E-state index is 12.8. The van der Waals surface area contributed by atoms with Gasteiger partial charge < -0.3 is 20.3 Å². The molecular formula is C22H20Cl2N4O5. The minimum Gasteiger partial charge on any atom is -0.491 e. The van der Waals surface area contributed by atoms with Crippen molar-refractivity contribution in [3.8, 4) is 5.75 Å². The van der Waals surface area contributed by atoms with Gasteiger partial charge in [-0.2, -0.15) is 0 Å². The van der Waals surface area contributed by atoms with Crippen molar-refractivity contribution in [1.82, 2.24) is 15.5 Å². The number of hydrogen-bond donors (Lipinski definition) is 3. The fourth-order valence-electron chi connectivity index (χ4n) is 3.77. The molecule has 33 heavy (non-hydrogen) atoms. The standard InChI is InChI=1S/C22H20Cl2N4O5/c23-15-5-4-12(10-16(15)24)26-22(32)25-8-9-33-18-3-1-2-13-14(18)11-28(21(13)31)17-6-7-19(29)27-20(17)30/h1-5,10,17H,6-9,11H2,(H2,25,26,32)(H,27,29,30). The summed E-state index contributed by atoms with van der Waals surface area (Å²) < 4.78 is 5.80. The van der Waals surface area contributed by atoms with Gasteiger partial charge in [0.1, 0.15) is 18.4 Å². The van der Waals surface area contributed by atoms with Crippen LogP contribution in [0.3, 0.4) is 0 Å². The number of halogens is 2. The van der Waals surface area contributed by atoms with E-state index in [4.69, 9.17) is 27.9 Å². The minimum atomic E-state index is -0.692. The van der Waals surface area contributed by atoms with Crippen molar-refractivity contribution in [3.63, 3.8) is 0 Å². The third-order valence-corrected chi connectivity index (χ3v) is 6.10. The molecular weight excluding hydrogens is 471 g/mol. The van der Waals surface area contributed by atoms with Crippen molar-refractivity contribution >= 4 is 52.6 Å². The molecule has 2 aromatic carbocycles. The SMILES string of the molecule is O=C1CCC(N2Cc3c(OCCNC(=O)Nc4ccc(Cl)c(Cl)c4)cccc3C2=O)C(=O)N1. The van der Waals surface area contributed by atoms with Crippen molar-refractivity contribution in [2.45, 2.75) is 25.4 Å². The Morgan fingerprint density at radius 1 is 1.15 bits per heavy atom. The molecule has 1 saturated heterocycles. The maximum Gasteiger partial charge on any atom is 0.319 e. The summed E-state index contributed by atoms with van der Waals surface area (Å²) in [5.41, 5.74) is 1.63. The zero-order chi connectivity index (χ0) is 23.5. The van der Waals surface area contributed by atoms with Crippen molar-refractivity contribution in [3.05, 3.63) is 57.6 Å². The molecule has 0 radical (unpaired) electrons. The summed E-state index contributed by atoms with van der Waals surface area (Å²) >= 11 is 11.8. The van der Waals surface area contributed by atoms with E-state index in [1.54, 1.807) is 36.4 Å². The van der Waals surface area contributed by atoms with E-state index in [2.05, 4.69) is 16.0 Å². The second-order valence-electron chi connectivity index (χ2n) is 7.54. The summed E-state index contributed by atoms with van der Waals surface area (Å²) in [4.78, 5) is 50.0. The van der Waals surface area contributed by atoms with Crippen LogP contribution in [-0.2, 0) is 16.1 Å². The van der Waals surface area contributed by atoms with Crippen LogP contribution in [0, 0.1) is 0 Å². The van der Waals surface area contributed by atoms with Gasteiger partial charge in [0, 0.05) is 23.2 Å². The summed E-state index contributed by atoms with van der Waals surface area (Å²) in [6, 6.07) is 8.73. The summed E-state index contributed by atoms with van der Waals surface area (Å²) in [6.45, 7) is 0.585. The van der Waals surface area contributed by atoms with Crippen LogP contribution in [0.5, 0.6) is 5.75 Å². The zero-order valence-electron chi connectivity index (χ0n) is 17.3. The summed E-state index contributed by atoms with van der Waals surface area (Å²) in [7, 11) is 0. The van der Waals surface area contributed by atoms with Gasteiger partial charge in [0.25, 0.3) is 5.91 Å². The summed E-state index contributed by atoms with van der Waals surface area (Å²) in [6.07, 6.45) is 0.480. The molecule has 3 N–H and O–H groups in total. The molecule has 0 saturated carbocycles. The molecule has 0 spiro atoms.